The summed E-state index contributed by atoms with van der Waals surface area (Å²) in [6.45, 7) is 1.05. The van der Waals surface area contributed by atoms with Crippen LogP contribution in [0, 0.1) is 0 Å². The molecule has 10 nitrogen and oxygen atoms in total. The van der Waals surface area contributed by atoms with E-state index >= 15 is 0 Å². The number of rotatable bonds is 13. The lowest BCUT2D eigenvalue weighted by atomic mass is 9.98. The van der Waals surface area contributed by atoms with Gasteiger partial charge < -0.3 is 20.1 Å². The fourth-order valence-electron chi connectivity index (χ4n) is 5.77. The van der Waals surface area contributed by atoms with Gasteiger partial charge in [-0.15, -0.1) is 0 Å². The van der Waals surface area contributed by atoms with Gasteiger partial charge in [0.1, 0.15) is 11.4 Å². The van der Waals surface area contributed by atoms with Crippen molar-refractivity contribution in [3.63, 3.8) is 0 Å². The number of aryl methyl sites for hydroxylation is 1. The Bertz CT molecular complexity index is 1910. The molecule has 1 aliphatic rings. The number of aromatic nitrogens is 5. The Labute approximate surface area is 289 Å². The quantitative estimate of drug-likeness (QED) is 0.137. The monoisotopic (exact) mass is 683 g/mol. The second-order valence-electron chi connectivity index (χ2n) is 11.4. The third-order valence-electron chi connectivity index (χ3n) is 8.23. The van der Waals surface area contributed by atoms with E-state index in [2.05, 4.69) is 25.6 Å². The summed E-state index contributed by atoms with van der Waals surface area (Å²) >= 11 is 14.1. The Morgan fingerprint density at radius 3 is 2.00 bits per heavy atom. The van der Waals surface area contributed by atoms with Gasteiger partial charge in [-0.3, -0.25) is 19.7 Å². The fraction of sp³-hybridized carbons (Fsp3) is 0.278. The summed E-state index contributed by atoms with van der Waals surface area (Å²) in [6.07, 6.45) is 9.08. The third-order valence-corrected chi connectivity index (χ3v) is 9.04. The maximum atomic E-state index is 11.5. The number of ether oxygens (including phenoxy) is 2. The number of halogens is 2. The van der Waals surface area contributed by atoms with Gasteiger partial charge >= 0.3 is 0 Å². The summed E-state index contributed by atoms with van der Waals surface area (Å²) in [6, 6.07) is 17.5. The molecule has 1 amide bonds. The number of pyridine rings is 1. The average Bonchev–Trinajstić information content (AvgIpc) is 3.54. The van der Waals surface area contributed by atoms with Crippen LogP contribution in [-0.2, 0) is 24.3 Å². The Kier molecular flexibility index (Phi) is 10.7. The zero-order chi connectivity index (χ0) is 33.5. The van der Waals surface area contributed by atoms with Crippen LogP contribution in [0.1, 0.15) is 42.8 Å². The first-order chi connectivity index (χ1) is 23.4. The van der Waals surface area contributed by atoms with Crippen molar-refractivity contribution in [3.8, 4) is 45.4 Å². The van der Waals surface area contributed by atoms with Crippen LogP contribution in [0.25, 0.3) is 33.6 Å². The number of carbonyl (C=O) groups excluding carboxylic acids is 1. The van der Waals surface area contributed by atoms with E-state index in [1.807, 2.05) is 54.6 Å². The van der Waals surface area contributed by atoms with E-state index in [1.54, 1.807) is 32.8 Å². The first-order valence-electron chi connectivity index (χ1n) is 15.7. The van der Waals surface area contributed by atoms with Crippen LogP contribution < -0.4 is 20.1 Å². The van der Waals surface area contributed by atoms with Gasteiger partial charge in [0.2, 0.25) is 17.7 Å². The minimum absolute atomic E-state index is 0.123. The smallest absolute Gasteiger partial charge is 0.237 e. The first-order valence-corrected chi connectivity index (χ1v) is 16.5. The van der Waals surface area contributed by atoms with Gasteiger partial charge in [-0.25, -0.2) is 9.97 Å². The van der Waals surface area contributed by atoms with Gasteiger partial charge in [-0.2, -0.15) is 0 Å². The maximum Gasteiger partial charge on any atom is 0.237 e. The van der Waals surface area contributed by atoms with Crippen LogP contribution in [0.3, 0.4) is 0 Å². The predicted molar refractivity (Wildman–Crippen MR) is 186 cm³/mol. The topological polar surface area (TPSA) is 124 Å². The molecule has 5 aromatic rings. The van der Waals surface area contributed by atoms with Crippen molar-refractivity contribution in [1.82, 2.24) is 35.6 Å². The number of carbonyl (C=O) groups is 1. The van der Waals surface area contributed by atoms with Crippen molar-refractivity contribution in [2.75, 3.05) is 14.2 Å². The van der Waals surface area contributed by atoms with Crippen molar-refractivity contribution in [2.24, 2.45) is 0 Å². The summed E-state index contributed by atoms with van der Waals surface area (Å²) < 4.78 is 11.2. The lowest BCUT2D eigenvalue weighted by Crippen LogP contribution is -2.25. The van der Waals surface area contributed by atoms with Crippen LogP contribution in [0.15, 0.2) is 73.2 Å². The summed E-state index contributed by atoms with van der Waals surface area (Å²) in [5.41, 5.74) is 6.38. The summed E-state index contributed by atoms with van der Waals surface area (Å²) in [5.74, 6) is 0.981. The van der Waals surface area contributed by atoms with Crippen molar-refractivity contribution >= 4 is 29.1 Å². The van der Waals surface area contributed by atoms with Gasteiger partial charge in [0.15, 0.2) is 0 Å². The number of benzene rings is 2. The molecule has 0 spiro atoms. The van der Waals surface area contributed by atoms with Crippen LogP contribution in [-0.4, -0.2) is 51.1 Å². The maximum absolute atomic E-state index is 11.5. The molecule has 1 fully saturated rings. The molecule has 4 heterocycles. The molecule has 2 aromatic carbocycles. The average molecular weight is 685 g/mol. The van der Waals surface area contributed by atoms with E-state index in [0.717, 1.165) is 41.8 Å². The highest BCUT2D eigenvalue weighted by molar-refractivity contribution is 6.39. The van der Waals surface area contributed by atoms with Crippen molar-refractivity contribution in [1.29, 1.82) is 0 Å². The number of nitrogens with zero attached hydrogens (tertiary/aromatic N) is 5. The van der Waals surface area contributed by atoms with E-state index in [9.17, 15) is 4.79 Å². The van der Waals surface area contributed by atoms with Crippen LogP contribution in [0.5, 0.6) is 11.8 Å². The van der Waals surface area contributed by atoms with Crippen molar-refractivity contribution in [2.45, 2.75) is 51.2 Å². The molecular weight excluding hydrogens is 649 g/mol. The number of amides is 1. The molecule has 0 radical (unpaired) electrons. The zero-order valence-electron chi connectivity index (χ0n) is 26.7. The van der Waals surface area contributed by atoms with Gasteiger partial charge in [-0.05, 0) is 37.8 Å². The second kappa shape index (κ2) is 15.5. The second-order valence-corrected chi connectivity index (χ2v) is 12.1. The number of hydrogen-bond donors (Lipinski definition) is 2. The first kappa shape index (κ1) is 33.3. The van der Waals surface area contributed by atoms with Crippen LogP contribution in [0.4, 0.5) is 0 Å². The molecule has 1 aliphatic heterocycles. The lowest BCUT2D eigenvalue weighted by Gasteiger charge is -2.15. The zero-order valence-corrected chi connectivity index (χ0v) is 28.2. The highest BCUT2D eigenvalue weighted by Crippen LogP contribution is 2.42. The number of nitrogens with one attached hydrogen (secondary N) is 2. The SMILES string of the molecule is COc1nc(-c2cccc(-c3cccc(-c4cnc(CNCc5ccccn5)c(OC)n4)c3Cl)c2Cl)cnc1CCC[C@@H]1CCC(=O)N1. The summed E-state index contributed by atoms with van der Waals surface area (Å²) in [4.78, 5) is 34.7. The molecule has 0 bridgehead atoms. The molecule has 2 N–H and O–H groups in total. The normalized spacial score (nSPS) is 14.2. The third kappa shape index (κ3) is 7.57. The lowest BCUT2D eigenvalue weighted by molar-refractivity contribution is -0.119. The number of hydrogen-bond acceptors (Lipinski definition) is 9. The molecule has 48 heavy (non-hydrogen) atoms. The summed E-state index contributed by atoms with van der Waals surface area (Å²) in [7, 11) is 3.15. The van der Waals surface area contributed by atoms with Gasteiger partial charge in [0, 0.05) is 54.0 Å². The van der Waals surface area contributed by atoms with Crippen LogP contribution in [0.2, 0.25) is 10.0 Å². The molecule has 0 unspecified atom stereocenters. The van der Waals surface area contributed by atoms with Gasteiger partial charge in [0.05, 0.1) is 53.7 Å². The minimum Gasteiger partial charge on any atom is -0.480 e. The minimum atomic E-state index is 0.123. The predicted octanol–water partition coefficient (Wildman–Crippen LogP) is 6.88. The summed E-state index contributed by atoms with van der Waals surface area (Å²) in [5, 5.41) is 7.31. The van der Waals surface area contributed by atoms with E-state index in [0.29, 0.717) is 75.9 Å². The van der Waals surface area contributed by atoms with E-state index in [1.165, 1.54) is 0 Å². The molecule has 3 aromatic heterocycles. The Morgan fingerprint density at radius 2 is 1.42 bits per heavy atom. The van der Waals surface area contributed by atoms with E-state index < -0.39 is 0 Å². The van der Waals surface area contributed by atoms with Gasteiger partial charge in [-0.1, -0.05) is 65.7 Å². The molecule has 12 heteroatoms. The molecule has 1 atom stereocenters. The molecule has 0 aliphatic carbocycles. The van der Waals surface area contributed by atoms with Crippen molar-refractivity contribution < 1.29 is 14.3 Å². The molecule has 246 valence electrons. The highest BCUT2D eigenvalue weighted by atomic mass is 35.5. The molecule has 0 saturated carbocycles. The highest BCUT2D eigenvalue weighted by Gasteiger charge is 2.22. The Morgan fingerprint density at radius 1 is 0.792 bits per heavy atom. The van der Waals surface area contributed by atoms with E-state index in [-0.39, 0.29) is 11.9 Å². The molecule has 1 saturated heterocycles. The van der Waals surface area contributed by atoms with Gasteiger partial charge in [0.25, 0.3) is 0 Å². The largest absolute Gasteiger partial charge is 0.480 e. The van der Waals surface area contributed by atoms with E-state index in [4.69, 9.17) is 42.6 Å². The standard InChI is InChI=1S/C36H35Cl2N7O3/c1-47-35-28(14-5-9-22-15-16-32(46)43-22)41-20-29(44-35)26-12-6-10-24(33(26)37)25-11-7-13-27(34(25)38)30-21-42-31(36(45-30)48-2)19-39-18-23-8-3-4-17-40-23/h3-4,6-8,10-13,17,20-22,39H,5,9,14-16,18-19H2,1-2H3,(H,43,46)/t22-/m1/s1. The molecular formula is C36H35Cl2N7O3. The fourth-order valence-corrected chi connectivity index (χ4v) is 6.42. The number of methoxy groups -OCH3 is 2. The van der Waals surface area contributed by atoms with Crippen LogP contribution >= 0.6 is 23.2 Å². The van der Waals surface area contributed by atoms with Crippen molar-refractivity contribution in [3.05, 3.63) is 100 Å². The Balaban J connectivity index is 1.21. The Hall–Kier alpha value is -4.64. The molecule has 6 rings (SSSR count).